The number of ether oxygens (including phenoxy) is 2. The maximum Gasteiger partial charge on any atom is 0.118 e. The third kappa shape index (κ3) is 5.49. The van der Waals surface area contributed by atoms with E-state index in [2.05, 4.69) is 0 Å². The van der Waals surface area contributed by atoms with Crippen molar-refractivity contribution in [1.82, 2.24) is 0 Å². The first-order valence-corrected chi connectivity index (χ1v) is 6.11. The van der Waals surface area contributed by atoms with Crippen LogP contribution in [0.4, 0.5) is 0 Å². The van der Waals surface area contributed by atoms with E-state index in [1.54, 1.807) is 14.0 Å². The van der Waals surface area contributed by atoms with Crippen molar-refractivity contribution >= 4 is 0 Å². The standard InChI is InChI=1S/C14H22O4/c1-14(16,11-15)8-3-9-18-10-12-4-6-13(17-2)7-5-12/h4-7,15-16H,3,8-11H2,1-2H3/t14-/m0/s1. The van der Waals surface area contributed by atoms with Crippen LogP contribution < -0.4 is 4.74 Å². The van der Waals surface area contributed by atoms with Crippen LogP contribution in [0.1, 0.15) is 25.3 Å². The second-order valence-corrected chi connectivity index (χ2v) is 4.66. The van der Waals surface area contributed by atoms with E-state index >= 15 is 0 Å². The van der Waals surface area contributed by atoms with Crippen molar-refractivity contribution in [3.63, 3.8) is 0 Å². The van der Waals surface area contributed by atoms with Crippen molar-refractivity contribution in [1.29, 1.82) is 0 Å². The molecular weight excluding hydrogens is 232 g/mol. The molecule has 0 saturated carbocycles. The zero-order chi connectivity index (χ0) is 13.4. The first-order chi connectivity index (χ1) is 8.57. The van der Waals surface area contributed by atoms with Gasteiger partial charge in [0.25, 0.3) is 0 Å². The molecule has 18 heavy (non-hydrogen) atoms. The largest absolute Gasteiger partial charge is 0.497 e. The third-order valence-electron chi connectivity index (χ3n) is 2.77. The van der Waals surface area contributed by atoms with E-state index < -0.39 is 5.60 Å². The van der Waals surface area contributed by atoms with E-state index in [0.717, 1.165) is 17.7 Å². The van der Waals surface area contributed by atoms with E-state index in [-0.39, 0.29) is 6.61 Å². The van der Waals surface area contributed by atoms with Crippen LogP contribution in [0.25, 0.3) is 0 Å². The molecule has 0 heterocycles. The highest BCUT2D eigenvalue weighted by Gasteiger charge is 2.17. The molecule has 1 atom stereocenters. The molecule has 0 saturated heterocycles. The Morgan fingerprint density at radius 1 is 1.22 bits per heavy atom. The number of hydrogen-bond acceptors (Lipinski definition) is 4. The van der Waals surface area contributed by atoms with Crippen LogP contribution in [0.5, 0.6) is 5.75 Å². The summed E-state index contributed by atoms with van der Waals surface area (Å²) in [6, 6.07) is 7.72. The van der Waals surface area contributed by atoms with Crippen LogP contribution in [0.2, 0.25) is 0 Å². The number of rotatable bonds is 8. The van der Waals surface area contributed by atoms with Crippen LogP contribution >= 0.6 is 0 Å². The maximum absolute atomic E-state index is 9.58. The third-order valence-corrected chi connectivity index (χ3v) is 2.77. The minimum atomic E-state index is -0.997. The van der Waals surface area contributed by atoms with Crippen LogP contribution in [0.3, 0.4) is 0 Å². The van der Waals surface area contributed by atoms with Crippen molar-refractivity contribution in [3.8, 4) is 5.75 Å². The lowest BCUT2D eigenvalue weighted by Crippen LogP contribution is -2.29. The summed E-state index contributed by atoms with van der Waals surface area (Å²) < 4.78 is 10.6. The second kappa shape index (κ2) is 7.36. The molecule has 1 rings (SSSR count). The Morgan fingerprint density at radius 2 is 1.89 bits per heavy atom. The molecule has 1 aromatic rings. The summed E-state index contributed by atoms with van der Waals surface area (Å²) in [5.74, 6) is 0.831. The lowest BCUT2D eigenvalue weighted by molar-refractivity contribution is -0.0134. The predicted octanol–water partition coefficient (Wildman–Crippen LogP) is 1.74. The summed E-state index contributed by atoms with van der Waals surface area (Å²) in [5.41, 5.74) is 0.0911. The van der Waals surface area contributed by atoms with Gasteiger partial charge in [-0.1, -0.05) is 12.1 Å². The van der Waals surface area contributed by atoms with Crippen molar-refractivity contribution in [2.45, 2.75) is 32.0 Å². The van der Waals surface area contributed by atoms with E-state index in [9.17, 15) is 5.11 Å². The molecule has 4 nitrogen and oxygen atoms in total. The molecule has 0 unspecified atom stereocenters. The molecule has 0 aliphatic rings. The Balaban J connectivity index is 2.17. The fourth-order valence-electron chi connectivity index (χ4n) is 1.55. The normalized spacial score (nSPS) is 14.2. The Labute approximate surface area is 108 Å². The van der Waals surface area contributed by atoms with Gasteiger partial charge in [0, 0.05) is 6.61 Å². The zero-order valence-corrected chi connectivity index (χ0v) is 11.1. The van der Waals surface area contributed by atoms with Crippen molar-refractivity contribution in [2.75, 3.05) is 20.3 Å². The molecule has 0 aliphatic carbocycles. The quantitative estimate of drug-likeness (QED) is 0.694. The average Bonchev–Trinajstić information content (AvgIpc) is 2.39. The fourth-order valence-corrected chi connectivity index (χ4v) is 1.55. The Bertz CT molecular complexity index is 332. The number of methoxy groups -OCH3 is 1. The fraction of sp³-hybridized carbons (Fsp3) is 0.571. The molecule has 0 bridgehead atoms. The smallest absolute Gasteiger partial charge is 0.118 e. The van der Waals surface area contributed by atoms with Gasteiger partial charge in [0.15, 0.2) is 0 Å². The van der Waals surface area contributed by atoms with Gasteiger partial charge in [-0.3, -0.25) is 0 Å². The zero-order valence-electron chi connectivity index (χ0n) is 11.1. The molecule has 0 radical (unpaired) electrons. The summed E-state index contributed by atoms with van der Waals surface area (Å²) in [7, 11) is 1.64. The van der Waals surface area contributed by atoms with Gasteiger partial charge >= 0.3 is 0 Å². The molecule has 0 aromatic heterocycles. The summed E-state index contributed by atoms with van der Waals surface area (Å²) in [6.45, 7) is 2.52. The van der Waals surface area contributed by atoms with Crippen molar-refractivity contribution in [3.05, 3.63) is 29.8 Å². The van der Waals surface area contributed by atoms with Gasteiger partial charge in [-0.2, -0.15) is 0 Å². The summed E-state index contributed by atoms with van der Waals surface area (Å²) in [5, 5.41) is 18.5. The number of benzene rings is 1. The van der Waals surface area contributed by atoms with Crippen molar-refractivity contribution < 1.29 is 19.7 Å². The molecule has 102 valence electrons. The maximum atomic E-state index is 9.58. The van der Waals surface area contributed by atoms with E-state index in [4.69, 9.17) is 14.6 Å². The number of hydrogen-bond donors (Lipinski definition) is 2. The Morgan fingerprint density at radius 3 is 2.44 bits per heavy atom. The molecule has 4 heteroatoms. The predicted molar refractivity (Wildman–Crippen MR) is 69.6 cm³/mol. The van der Waals surface area contributed by atoms with E-state index in [0.29, 0.717) is 19.6 Å². The number of aliphatic hydroxyl groups is 2. The molecule has 2 N–H and O–H groups in total. The molecular formula is C14H22O4. The second-order valence-electron chi connectivity index (χ2n) is 4.66. The highest BCUT2D eigenvalue weighted by atomic mass is 16.5. The van der Waals surface area contributed by atoms with E-state index in [1.165, 1.54) is 0 Å². The molecule has 0 amide bonds. The van der Waals surface area contributed by atoms with Gasteiger partial charge in [-0.15, -0.1) is 0 Å². The van der Waals surface area contributed by atoms with Gasteiger partial charge in [0.2, 0.25) is 0 Å². The minimum Gasteiger partial charge on any atom is -0.497 e. The van der Waals surface area contributed by atoms with Gasteiger partial charge in [-0.25, -0.2) is 0 Å². The lowest BCUT2D eigenvalue weighted by atomic mass is 10.0. The van der Waals surface area contributed by atoms with Crippen LogP contribution in [0, 0.1) is 0 Å². The van der Waals surface area contributed by atoms with Crippen LogP contribution in [-0.4, -0.2) is 36.1 Å². The number of aliphatic hydroxyl groups excluding tert-OH is 1. The lowest BCUT2D eigenvalue weighted by Gasteiger charge is -2.19. The van der Waals surface area contributed by atoms with Crippen LogP contribution in [-0.2, 0) is 11.3 Å². The Hall–Kier alpha value is -1.10. The molecule has 0 aliphatic heterocycles. The molecule has 1 aromatic carbocycles. The van der Waals surface area contributed by atoms with E-state index in [1.807, 2.05) is 24.3 Å². The van der Waals surface area contributed by atoms with Crippen molar-refractivity contribution in [2.24, 2.45) is 0 Å². The summed E-state index contributed by atoms with van der Waals surface area (Å²) in [6.07, 6.45) is 1.26. The van der Waals surface area contributed by atoms with Gasteiger partial charge in [0.1, 0.15) is 5.75 Å². The highest BCUT2D eigenvalue weighted by molar-refractivity contribution is 5.26. The van der Waals surface area contributed by atoms with Crippen LogP contribution in [0.15, 0.2) is 24.3 Å². The monoisotopic (exact) mass is 254 g/mol. The highest BCUT2D eigenvalue weighted by Crippen LogP contribution is 2.13. The molecule has 0 spiro atoms. The minimum absolute atomic E-state index is 0.217. The SMILES string of the molecule is COc1ccc(COCCC[C@](C)(O)CO)cc1. The summed E-state index contributed by atoms with van der Waals surface area (Å²) >= 11 is 0. The topological polar surface area (TPSA) is 58.9 Å². The first kappa shape index (κ1) is 15.0. The molecule has 0 fully saturated rings. The van der Waals surface area contributed by atoms with Gasteiger partial charge in [-0.05, 0) is 37.5 Å². The van der Waals surface area contributed by atoms with Gasteiger partial charge < -0.3 is 19.7 Å². The summed E-state index contributed by atoms with van der Waals surface area (Å²) in [4.78, 5) is 0. The first-order valence-electron chi connectivity index (χ1n) is 6.11. The average molecular weight is 254 g/mol. The van der Waals surface area contributed by atoms with Gasteiger partial charge in [0.05, 0.1) is 25.9 Å². The Kier molecular flexibility index (Phi) is 6.12.